The minimum absolute atomic E-state index is 0.857. The van der Waals surface area contributed by atoms with Gasteiger partial charge in [0.25, 0.3) is 0 Å². The minimum atomic E-state index is 0.857. The van der Waals surface area contributed by atoms with Crippen molar-refractivity contribution in [2.24, 2.45) is 0 Å². The Labute approximate surface area is 162 Å². The number of aromatic nitrogens is 3. The third kappa shape index (κ3) is 11.6. The van der Waals surface area contributed by atoms with Gasteiger partial charge in [0, 0.05) is 19.3 Å². The second-order valence-electron chi connectivity index (χ2n) is 7.56. The highest BCUT2D eigenvalue weighted by molar-refractivity contribution is 5.04. The summed E-state index contributed by atoms with van der Waals surface area (Å²) in [4.78, 5) is 13.9. The molecule has 0 aliphatic rings. The first kappa shape index (κ1) is 23.0. The molecule has 0 fully saturated rings. The van der Waals surface area contributed by atoms with Gasteiger partial charge in [-0.05, 0) is 12.8 Å². The number of nitrogens with zero attached hydrogens (tertiary/aromatic N) is 3. The third-order valence-electron chi connectivity index (χ3n) is 5.01. The SMILES string of the molecule is C[CH]c1nc(CCCCCCCCC)nc(CCCCCCCCC)n1. The van der Waals surface area contributed by atoms with Crippen molar-refractivity contribution in [2.45, 2.75) is 124 Å². The molecule has 0 aromatic carbocycles. The van der Waals surface area contributed by atoms with Gasteiger partial charge in [-0.25, -0.2) is 15.0 Å². The van der Waals surface area contributed by atoms with Crippen LogP contribution < -0.4 is 0 Å². The summed E-state index contributed by atoms with van der Waals surface area (Å²) in [6, 6.07) is 0. The predicted octanol–water partition coefficient (Wildman–Crippen LogP) is 7.03. The lowest BCUT2D eigenvalue weighted by molar-refractivity contribution is 0.575. The fraction of sp³-hybridized carbons (Fsp3) is 0.826. The molecule has 1 heterocycles. The minimum Gasteiger partial charge on any atom is -0.218 e. The Kier molecular flexibility index (Phi) is 14.4. The monoisotopic (exact) mass is 360 g/mol. The first-order valence-corrected chi connectivity index (χ1v) is 11.3. The zero-order chi connectivity index (χ0) is 18.9. The molecule has 0 amide bonds. The zero-order valence-electron chi connectivity index (χ0n) is 17.7. The molecule has 3 nitrogen and oxygen atoms in total. The topological polar surface area (TPSA) is 38.7 Å². The van der Waals surface area contributed by atoms with E-state index >= 15 is 0 Å². The maximum Gasteiger partial charge on any atom is 0.136 e. The number of hydrogen-bond donors (Lipinski definition) is 0. The Bertz CT molecular complexity index is 409. The molecule has 1 rings (SSSR count). The second kappa shape index (κ2) is 16.2. The fourth-order valence-corrected chi connectivity index (χ4v) is 3.32. The van der Waals surface area contributed by atoms with Gasteiger partial charge >= 0.3 is 0 Å². The number of aryl methyl sites for hydroxylation is 2. The smallest absolute Gasteiger partial charge is 0.136 e. The zero-order valence-corrected chi connectivity index (χ0v) is 17.7. The van der Waals surface area contributed by atoms with Crippen molar-refractivity contribution in [1.29, 1.82) is 0 Å². The average molecular weight is 361 g/mol. The van der Waals surface area contributed by atoms with Gasteiger partial charge < -0.3 is 0 Å². The number of unbranched alkanes of at least 4 members (excludes halogenated alkanes) is 12. The van der Waals surface area contributed by atoms with Crippen LogP contribution >= 0.6 is 0 Å². The summed E-state index contributed by atoms with van der Waals surface area (Å²) in [5, 5.41) is 0. The fourth-order valence-electron chi connectivity index (χ4n) is 3.32. The molecule has 0 aliphatic heterocycles. The Morgan fingerprint density at radius 3 is 1.31 bits per heavy atom. The summed E-state index contributed by atoms with van der Waals surface area (Å²) in [6.45, 7) is 6.56. The molecule has 0 aliphatic carbocycles. The Balaban J connectivity index is 2.28. The number of hydrogen-bond acceptors (Lipinski definition) is 3. The Morgan fingerprint density at radius 2 is 0.923 bits per heavy atom. The molecule has 0 unspecified atom stereocenters. The molecule has 26 heavy (non-hydrogen) atoms. The van der Waals surface area contributed by atoms with Gasteiger partial charge in [0.2, 0.25) is 0 Å². The van der Waals surface area contributed by atoms with Crippen LogP contribution in [0.15, 0.2) is 0 Å². The third-order valence-corrected chi connectivity index (χ3v) is 5.01. The summed E-state index contributed by atoms with van der Waals surface area (Å²) >= 11 is 0. The molecule has 149 valence electrons. The lowest BCUT2D eigenvalue weighted by atomic mass is 10.1. The summed E-state index contributed by atoms with van der Waals surface area (Å²) in [7, 11) is 0. The molecule has 1 aromatic rings. The van der Waals surface area contributed by atoms with Gasteiger partial charge in [-0.2, -0.15) is 0 Å². The molecule has 1 radical (unpaired) electrons. The normalized spacial score (nSPS) is 11.2. The van der Waals surface area contributed by atoms with E-state index < -0.39 is 0 Å². The van der Waals surface area contributed by atoms with Crippen molar-refractivity contribution in [3.05, 3.63) is 23.9 Å². The molecular weight excluding hydrogens is 318 g/mol. The first-order chi connectivity index (χ1) is 12.8. The molecule has 3 heteroatoms. The summed E-state index contributed by atoms with van der Waals surface area (Å²) < 4.78 is 0. The lowest BCUT2D eigenvalue weighted by Gasteiger charge is -2.07. The van der Waals surface area contributed by atoms with E-state index in [-0.39, 0.29) is 0 Å². The van der Waals surface area contributed by atoms with Crippen molar-refractivity contribution in [2.75, 3.05) is 0 Å². The molecule has 0 N–H and O–H groups in total. The standard InChI is InChI=1S/C23H42N3/c1-4-7-9-11-13-15-17-19-22-24-21(6-3)25-23(26-22)20-18-16-14-12-10-8-5-2/h6H,4-5,7-20H2,1-3H3. The predicted molar refractivity (Wildman–Crippen MR) is 112 cm³/mol. The van der Waals surface area contributed by atoms with E-state index in [4.69, 9.17) is 4.98 Å². The quantitative estimate of drug-likeness (QED) is 0.280. The first-order valence-electron chi connectivity index (χ1n) is 11.3. The van der Waals surface area contributed by atoms with Crippen LogP contribution in [0.25, 0.3) is 0 Å². The maximum absolute atomic E-state index is 4.73. The molecule has 0 spiro atoms. The van der Waals surface area contributed by atoms with Crippen molar-refractivity contribution in [3.8, 4) is 0 Å². The average Bonchev–Trinajstić information content (AvgIpc) is 2.66. The van der Waals surface area contributed by atoms with Crippen LogP contribution in [0.5, 0.6) is 0 Å². The summed E-state index contributed by atoms with van der Waals surface area (Å²) in [6.07, 6.45) is 22.7. The van der Waals surface area contributed by atoms with Crippen LogP contribution in [-0.2, 0) is 12.8 Å². The molecule has 0 saturated carbocycles. The van der Waals surface area contributed by atoms with E-state index in [0.29, 0.717) is 0 Å². The van der Waals surface area contributed by atoms with Crippen LogP contribution in [0.1, 0.15) is 128 Å². The van der Waals surface area contributed by atoms with Gasteiger partial charge in [0.1, 0.15) is 17.5 Å². The van der Waals surface area contributed by atoms with Gasteiger partial charge in [0.15, 0.2) is 0 Å². The highest BCUT2D eigenvalue weighted by atomic mass is 15.0. The van der Waals surface area contributed by atoms with E-state index in [1.54, 1.807) is 0 Å². The van der Waals surface area contributed by atoms with Crippen LogP contribution in [0.3, 0.4) is 0 Å². The summed E-state index contributed by atoms with van der Waals surface area (Å²) in [5.74, 6) is 2.86. The summed E-state index contributed by atoms with van der Waals surface area (Å²) in [5.41, 5.74) is 0. The van der Waals surface area contributed by atoms with Gasteiger partial charge in [0.05, 0.1) is 0 Å². The van der Waals surface area contributed by atoms with Crippen LogP contribution in [0.4, 0.5) is 0 Å². The Hall–Kier alpha value is -0.990. The lowest BCUT2D eigenvalue weighted by Crippen LogP contribution is -2.07. The van der Waals surface area contributed by atoms with Gasteiger partial charge in [-0.15, -0.1) is 0 Å². The highest BCUT2D eigenvalue weighted by Crippen LogP contribution is 2.12. The van der Waals surface area contributed by atoms with E-state index in [1.165, 1.54) is 89.9 Å². The molecule has 0 atom stereocenters. The van der Waals surface area contributed by atoms with Gasteiger partial charge in [-0.1, -0.05) is 97.8 Å². The highest BCUT2D eigenvalue weighted by Gasteiger charge is 2.06. The number of rotatable bonds is 17. The van der Waals surface area contributed by atoms with Crippen molar-refractivity contribution >= 4 is 0 Å². The van der Waals surface area contributed by atoms with E-state index in [1.807, 2.05) is 13.3 Å². The second-order valence-corrected chi connectivity index (χ2v) is 7.56. The van der Waals surface area contributed by atoms with Crippen molar-refractivity contribution in [1.82, 2.24) is 15.0 Å². The largest absolute Gasteiger partial charge is 0.218 e. The van der Waals surface area contributed by atoms with Gasteiger partial charge in [-0.3, -0.25) is 0 Å². The van der Waals surface area contributed by atoms with Crippen molar-refractivity contribution < 1.29 is 0 Å². The van der Waals surface area contributed by atoms with E-state index in [0.717, 1.165) is 30.3 Å². The Morgan fingerprint density at radius 1 is 0.538 bits per heavy atom. The van der Waals surface area contributed by atoms with Crippen LogP contribution in [-0.4, -0.2) is 15.0 Å². The maximum atomic E-state index is 4.73. The van der Waals surface area contributed by atoms with Crippen LogP contribution in [0, 0.1) is 6.42 Å². The van der Waals surface area contributed by atoms with Crippen molar-refractivity contribution in [3.63, 3.8) is 0 Å². The molecule has 0 bridgehead atoms. The van der Waals surface area contributed by atoms with E-state index in [9.17, 15) is 0 Å². The van der Waals surface area contributed by atoms with Crippen LogP contribution in [0.2, 0.25) is 0 Å². The molecular formula is C23H42N3. The van der Waals surface area contributed by atoms with E-state index in [2.05, 4.69) is 23.8 Å². The molecule has 0 saturated heterocycles. The molecule has 1 aromatic heterocycles.